The van der Waals surface area contributed by atoms with Gasteiger partial charge >= 0.3 is 0 Å². The maximum absolute atomic E-state index is 12.4. The third-order valence-corrected chi connectivity index (χ3v) is 5.10. The van der Waals surface area contributed by atoms with E-state index < -0.39 is 10.0 Å². The largest absolute Gasteiger partial charge is 0.277 e. The Morgan fingerprint density at radius 2 is 1.86 bits per heavy atom. The molecule has 3 rings (SSSR count). The monoisotopic (exact) mass is 317 g/mol. The average Bonchev–Trinajstić information content (AvgIpc) is 2.97. The molecule has 1 heterocycles. The van der Waals surface area contributed by atoms with Gasteiger partial charge < -0.3 is 0 Å². The second-order valence-electron chi connectivity index (χ2n) is 4.54. The Morgan fingerprint density at radius 1 is 1.10 bits per heavy atom. The molecule has 5 nitrogen and oxygen atoms in total. The van der Waals surface area contributed by atoms with Crippen molar-refractivity contribution in [3.05, 3.63) is 48.0 Å². The Hall–Kier alpha value is -1.93. The molecule has 1 aromatic heterocycles. The zero-order chi connectivity index (χ0) is 14.9. The van der Waals surface area contributed by atoms with Crippen LogP contribution in [0.3, 0.4) is 0 Å². The first-order chi connectivity index (χ1) is 10.1. The van der Waals surface area contributed by atoms with Gasteiger partial charge in [0, 0.05) is 0 Å². The number of nitrogens with one attached hydrogen (secondary N) is 1. The summed E-state index contributed by atoms with van der Waals surface area (Å²) in [5, 5.41) is 0. The smallest absolute Gasteiger partial charge is 0.261 e. The number of benzene rings is 2. The fourth-order valence-corrected chi connectivity index (χ4v) is 3.61. The molecule has 0 aliphatic carbocycles. The summed E-state index contributed by atoms with van der Waals surface area (Å²) in [5.74, 6) is 0. The van der Waals surface area contributed by atoms with Gasteiger partial charge in [-0.15, -0.1) is 0 Å². The van der Waals surface area contributed by atoms with E-state index >= 15 is 0 Å². The second kappa shape index (κ2) is 5.46. The second-order valence-corrected chi connectivity index (χ2v) is 6.75. The van der Waals surface area contributed by atoms with Crippen molar-refractivity contribution in [2.24, 2.45) is 0 Å². The maximum atomic E-state index is 12.4. The summed E-state index contributed by atoms with van der Waals surface area (Å²) >= 11 is 1.06. The van der Waals surface area contributed by atoms with Crippen LogP contribution in [0.25, 0.3) is 11.0 Å². The van der Waals surface area contributed by atoms with Gasteiger partial charge in [-0.3, -0.25) is 4.72 Å². The highest BCUT2D eigenvalue weighted by atomic mass is 32.2. The van der Waals surface area contributed by atoms with E-state index in [2.05, 4.69) is 13.5 Å². The first kappa shape index (κ1) is 14.0. The number of nitrogens with zero attached hydrogens (tertiary/aromatic N) is 2. The van der Waals surface area contributed by atoms with Gasteiger partial charge in [-0.05, 0) is 24.3 Å². The molecule has 21 heavy (non-hydrogen) atoms. The minimum Gasteiger partial charge on any atom is -0.277 e. The fourth-order valence-electron chi connectivity index (χ4n) is 2.00. The lowest BCUT2D eigenvalue weighted by molar-refractivity contribution is 0.601. The molecule has 0 saturated heterocycles. The zero-order valence-electron chi connectivity index (χ0n) is 11.3. The van der Waals surface area contributed by atoms with E-state index in [0.29, 0.717) is 16.7 Å². The molecule has 0 radical (unpaired) electrons. The molecule has 0 bridgehead atoms. The highest BCUT2D eigenvalue weighted by Gasteiger charge is 2.16. The van der Waals surface area contributed by atoms with E-state index in [1.54, 1.807) is 30.3 Å². The third-order valence-electron chi connectivity index (χ3n) is 3.17. The Morgan fingerprint density at radius 3 is 2.57 bits per heavy atom. The van der Waals surface area contributed by atoms with Crippen LogP contribution in [-0.2, 0) is 16.3 Å². The predicted octanol–water partition coefficient (Wildman–Crippen LogP) is 1.63. The van der Waals surface area contributed by atoms with Crippen molar-refractivity contribution in [2.45, 2.75) is 11.2 Å². The van der Waals surface area contributed by atoms with Gasteiger partial charge in [0.2, 0.25) is 0 Å². The Kier molecular flexibility index (Phi) is 3.65. The van der Waals surface area contributed by atoms with E-state index in [1.165, 1.54) is 0 Å². The number of sulfonamides is 1. The molecule has 2 aromatic carbocycles. The van der Waals surface area contributed by atoms with Gasteiger partial charge in [0.05, 0.1) is 22.3 Å². The molecule has 0 aliphatic heterocycles. The van der Waals surface area contributed by atoms with Crippen LogP contribution in [0.5, 0.6) is 0 Å². The lowest BCUT2D eigenvalue weighted by Crippen LogP contribution is -2.13. The van der Waals surface area contributed by atoms with Gasteiger partial charge in [-0.1, -0.05) is 30.1 Å². The highest BCUT2D eigenvalue weighted by Crippen LogP contribution is 2.24. The number of hydrogen-bond acceptors (Lipinski definition) is 5. The van der Waals surface area contributed by atoms with Gasteiger partial charge in [0.15, 0.2) is 0 Å². The van der Waals surface area contributed by atoms with Crippen LogP contribution in [0.4, 0.5) is 5.69 Å². The summed E-state index contributed by atoms with van der Waals surface area (Å²) < 4.78 is 35.6. The van der Waals surface area contributed by atoms with Crippen LogP contribution in [0.2, 0.25) is 0 Å². The molecular formula is C13H12BN3O2S2. The molecule has 0 spiro atoms. The molecule has 0 atom stereocenters. The van der Waals surface area contributed by atoms with Crippen molar-refractivity contribution in [3.63, 3.8) is 0 Å². The lowest BCUT2D eigenvalue weighted by atomic mass is 9.97. The van der Waals surface area contributed by atoms with Crippen molar-refractivity contribution in [1.29, 1.82) is 0 Å². The summed E-state index contributed by atoms with van der Waals surface area (Å²) in [7, 11) is -1.60. The van der Waals surface area contributed by atoms with Crippen molar-refractivity contribution in [1.82, 2.24) is 8.75 Å². The summed E-state index contributed by atoms with van der Waals surface area (Å²) in [6, 6.07) is 12.1. The number of rotatable bonds is 4. The van der Waals surface area contributed by atoms with E-state index in [-0.39, 0.29) is 4.90 Å². The highest BCUT2D eigenvalue weighted by molar-refractivity contribution is 7.92. The molecule has 0 amide bonds. The van der Waals surface area contributed by atoms with Gasteiger partial charge in [0.25, 0.3) is 10.0 Å². The van der Waals surface area contributed by atoms with E-state index in [4.69, 9.17) is 0 Å². The molecule has 0 saturated carbocycles. The molecular weight excluding hydrogens is 305 g/mol. The predicted molar refractivity (Wildman–Crippen MR) is 86.9 cm³/mol. The van der Waals surface area contributed by atoms with Crippen molar-refractivity contribution >= 4 is 46.3 Å². The van der Waals surface area contributed by atoms with Crippen LogP contribution < -0.4 is 4.72 Å². The summed E-state index contributed by atoms with van der Waals surface area (Å²) in [4.78, 5) is 0.236. The molecule has 8 heteroatoms. The maximum Gasteiger partial charge on any atom is 0.261 e. The molecule has 1 N–H and O–H groups in total. The molecule has 3 aromatic rings. The van der Waals surface area contributed by atoms with E-state index in [0.717, 1.165) is 23.6 Å². The van der Waals surface area contributed by atoms with Crippen LogP contribution in [0, 0.1) is 0 Å². The Bertz CT molecular complexity index is 876. The number of aromatic nitrogens is 2. The normalized spacial score (nSPS) is 11.6. The molecule has 0 unspecified atom stereocenters. The summed E-state index contributed by atoms with van der Waals surface area (Å²) in [6.45, 7) is 0. The number of anilines is 1. The quantitative estimate of drug-likeness (QED) is 0.742. The van der Waals surface area contributed by atoms with E-state index in [9.17, 15) is 8.42 Å². The number of hydrogen-bond donors (Lipinski definition) is 1. The van der Waals surface area contributed by atoms with E-state index in [1.807, 2.05) is 20.0 Å². The van der Waals surface area contributed by atoms with Crippen LogP contribution in [0.1, 0.15) is 5.56 Å². The van der Waals surface area contributed by atoms with Crippen molar-refractivity contribution in [3.8, 4) is 0 Å². The van der Waals surface area contributed by atoms with Gasteiger partial charge in [-0.2, -0.15) is 8.75 Å². The van der Waals surface area contributed by atoms with Crippen molar-refractivity contribution in [2.75, 3.05) is 4.72 Å². The van der Waals surface area contributed by atoms with Gasteiger partial charge in [-0.25, -0.2) is 8.42 Å². The summed E-state index contributed by atoms with van der Waals surface area (Å²) in [5.41, 5.74) is 2.79. The Balaban J connectivity index is 1.97. The standard InChI is InChI=1S/C13H12BN3O2S2/c14-8-9-4-6-10(7-5-9)21(18,19)17-12-3-1-2-11-13(12)16-20-15-11/h1-7,17H,8,14H2. The molecule has 106 valence electrons. The minimum atomic E-state index is -3.62. The fraction of sp³-hybridized carbons (Fsp3) is 0.0769. The number of fused-ring (bicyclic) bond motifs is 1. The summed E-state index contributed by atoms with van der Waals surface area (Å²) in [6.07, 6.45) is 0.873. The zero-order valence-corrected chi connectivity index (χ0v) is 12.9. The lowest BCUT2D eigenvalue weighted by Gasteiger charge is -2.08. The topological polar surface area (TPSA) is 72.0 Å². The van der Waals surface area contributed by atoms with Crippen molar-refractivity contribution < 1.29 is 8.42 Å². The first-order valence-corrected chi connectivity index (χ1v) is 8.64. The SMILES string of the molecule is BCc1ccc(S(=O)(=O)Nc2cccc3nsnc23)cc1. The minimum absolute atomic E-state index is 0.236. The molecule has 0 fully saturated rings. The average molecular weight is 317 g/mol. The Labute approximate surface area is 127 Å². The van der Waals surface area contributed by atoms with Crippen LogP contribution >= 0.6 is 11.7 Å². The first-order valence-electron chi connectivity index (χ1n) is 6.43. The van der Waals surface area contributed by atoms with Crippen LogP contribution in [0.15, 0.2) is 47.4 Å². The van der Waals surface area contributed by atoms with Crippen LogP contribution in [-0.4, -0.2) is 25.0 Å². The third kappa shape index (κ3) is 2.77. The van der Waals surface area contributed by atoms with Gasteiger partial charge in [0.1, 0.15) is 18.9 Å². The molecule has 0 aliphatic rings.